The lowest BCUT2D eigenvalue weighted by Crippen LogP contribution is -2.45. The van der Waals surface area contributed by atoms with Gasteiger partial charge in [0.1, 0.15) is 0 Å². The van der Waals surface area contributed by atoms with E-state index in [9.17, 15) is 9.59 Å². The highest BCUT2D eigenvalue weighted by atomic mass is 16.4. The molecule has 0 heterocycles. The van der Waals surface area contributed by atoms with Crippen LogP contribution in [0.5, 0.6) is 0 Å². The van der Waals surface area contributed by atoms with Gasteiger partial charge >= 0.3 is 5.97 Å². The molecule has 4 nitrogen and oxygen atoms in total. The maximum absolute atomic E-state index is 12.8. The number of carbonyl (C=O) groups is 2. The molecular weight excluding hydrogens is 302 g/mol. The quantitative estimate of drug-likeness (QED) is 0.850. The third kappa shape index (κ3) is 3.32. The molecular formula is C20H21NO3. The van der Waals surface area contributed by atoms with Crippen molar-refractivity contribution in [3.05, 3.63) is 65.7 Å². The summed E-state index contributed by atoms with van der Waals surface area (Å²) >= 11 is 0. The van der Waals surface area contributed by atoms with Gasteiger partial charge in [-0.05, 0) is 42.5 Å². The second kappa shape index (κ2) is 6.87. The fraction of sp³-hybridized carbons (Fsp3) is 0.300. The number of hydrogen-bond donors (Lipinski definition) is 2. The van der Waals surface area contributed by atoms with Crippen LogP contribution in [0.25, 0.3) is 0 Å². The standard InChI is InChI=1S/C20H21NO3/c22-18(23)12-9-15-7-10-17(11-8-15)21-19(24)20(13-4-14-20)16-5-2-1-3-6-16/h1-3,5-8,10-11H,4,9,12-14H2,(H,21,24)(H,22,23). The minimum absolute atomic E-state index is 0.0400. The smallest absolute Gasteiger partial charge is 0.303 e. The number of rotatable bonds is 6. The van der Waals surface area contributed by atoms with E-state index in [1.54, 1.807) is 0 Å². The molecule has 0 unspecified atom stereocenters. The van der Waals surface area contributed by atoms with Crippen LogP contribution in [0.3, 0.4) is 0 Å². The Morgan fingerprint density at radius 2 is 1.67 bits per heavy atom. The van der Waals surface area contributed by atoms with Gasteiger partial charge in [0.05, 0.1) is 5.41 Å². The van der Waals surface area contributed by atoms with Gasteiger partial charge in [-0.1, -0.05) is 48.9 Å². The summed E-state index contributed by atoms with van der Waals surface area (Å²) in [6, 6.07) is 17.4. The molecule has 1 aliphatic rings. The average Bonchev–Trinajstić information content (AvgIpc) is 2.54. The van der Waals surface area contributed by atoms with Crippen molar-refractivity contribution in [1.82, 2.24) is 0 Å². The summed E-state index contributed by atoms with van der Waals surface area (Å²) in [6.07, 6.45) is 3.43. The largest absolute Gasteiger partial charge is 0.481 e. The molecule has 0 atom stereocenters. The molecule has 0 aromatic heterocycles. The van der Waals surface area contributed by atoms with Gasteiger partial charge in [-0.25, -0.2) is 0 Å². The Kier molecular flexibility index (Phi) is 4.65. The van der Waals surface area contributed by atoms with Crippen molar-refractivity contribution in [2.75, 3.05) is 5.32 Å². The SMILES string of the molecule is O=C(O)CCc1ccc(NC(=O)C2(c3ccccc3)CCC2)cc1. The Morgan fingerprint density at radius 1 is 1.00 bits per heavy atom. The minimum atomic E-state index is -0.804. The molecule has 1 aliphatic carbocycles. The van der Waals surface area contributed by atoms with Crippen LogP contribution in [-0.4, -0.2) is 17.0 Å². The lowest BCUT2D eigenvalue weighted by molar-refractivity contribution is -0.137. The van der Waals surface area contributed by atoms with E-state index in [2.05, 4.69) is 5.32 Å². The van der Waals surface area contributed by atoms with Crippen molar-refractivity contribution in [3.8, 4) is 0 Å². The highest BCUT2D eigenvalue weighted by molar-refractivity contribution is 5.99. The molecule has 124 valence electrons. The first-order valence-corrected chi connectivity index (χ1v) is 8.28. The van der Waals surface area contributed by atoms with Gasteiger partial charge in [0.2, 0.25) is 5.91 Å². The first kappa shape index (κ1) is 16.2. The predicted octanol–water partition coefficient (Wildman–Crippen LogP) is 3.76. The van der Waals surface area contributed by atoms with Crippen LogP contribution in [0.15, 0.2) is 54.6 Å². The van der Waals surface area contributed by atoms with Crippen molar-refractivity contribution < 1.29 is 14.7 Å². The lowest BCUT2D eigenvalue weighted by atomic mass is 9.64. The third-order valence-electron chi connectivity index (χ3n) is 4.81. The number of carboxylic acids is 1. The molecule has 4 heteroatoms. The van der Waals surface area contributed by atoms with E-state index in [0.717, 1.165) is 36.1 Å². The van der Waals surface area contributed by atoms with Gasteiger partial charge in [0, 0.05) is 12.1 Å². The van der Waals surface area contributed by atoms with Gasteiger partial charge < -0.3 is 10.4 Å². The van der Waals surface area contributed by atoms with Gasteiger partial charge in [-0.2, -0.15) is 0 Å². The van der Waals surface area contributed by atoms with Crippen LogP contribution in [0.1, 0.15) is 36.8 Å². The molecule has 24 heavy (non-hydrogen) atoms. The summed E-state index contributed by atoms with van der Waals surface area (Å²) in [5, 5.41) is 11.7. The van der Waals surface area contributed by atoms with E-state index in [4.69, 9.17) is 5.11 Å². The van der Waals surface area contributed by atoms with Crippen molar-refractivity contribution in [3.63, 3.8) is 0 Å². The summed E-state index contributed by atoms with van der Waals surface area (Å²) in [5.41, 5.74) is 2.37. The van der Waals surface area contributed by atoms with E-state index in [-0.39, 0.29) is 12.3 Å². The highest BCUT2D eigenvalue weighted by Gasteiger charge is 2.45. The summed E-state index contributed by atoms with van der Waals surface area (Å²) < 4.78 is 0. The maximum Gasteiger partial charge on any atom is 0.303 e. The van der Waals surface area contributed by atoms with E-state index < -0.39 is 11.4 Å². The third-order valence-corrected chi connectivity index (χ3v) is 4.81. The molecule has 3 rings (SSSR count). The number of anilines is 1. The summed E-state index contributed by atoms with van der Waals surface area (Å²) in [7, 11) is 0. The van der Waals surface area contributed by atoms with Gasteiger partial charge in [0.25, 0.3) is 0 Å². The normalized spacial score (nSPS) is 15.3. The molecule has 1 saturated carbocycles. The topological polar surface area (TPSA) is 66.4 Å². The molecule has 2 aromatic rings. The molecule has 0 spiro atoms. The van der Waals surface area contributed by atoms with Crippen LogP contribution in [0, 0.1) is 0 Å². The van der Waals surface area contributed by atoms with Crippen LogP contribution in [-0.2, 0) is 21.4 Å². The van der Waals surface area contributed by atoms with Crippen LogP contribution >= 0.6 is 0 Å². The van der Waals surface area contributed by atoms with Crippen LogP contribution < -0.4 is 5.32 Å². The fourth-order valence-electron chi connectivity index (χ4n) is 3.19. The molecule has 1 fully saturated rings. The van der Waals surface area contributed by atoms with Crippen LogP contribution in [0.4, 0.5) is 5.69 Å². The summed E-state index contributed by atoms with van der Waals surface area (Å²) in [4.78, 5) is 23.4. The predicted molar refractivity (Wildman–Crippen MR) is 93.0 cm³/mol. The molecule has 1 amide bonds. The number of benzene rings is 2. The fourth-order valence-corrected chi connectivity index (χ4v) is 3.19. The Morgan fingerprint density at radius 3 is 2.21 bits per heavy atom. The Hall–Kier alpha value is -2.62. The Balaban J connectivity index is 1.69. The number of aliphatic carboxylic acids is 1. The number of nitrogens with one attached hydrogen (secondary N) is 1. The zero-order chi connectivity index (χ0) is 17.0. The molecule has 2 aromatic carbocycles. The highest BCUT2D eigenvalue weighted by Crippen LogP contribution is 2.44. The van der Waals surface area contributed by atoms with Crippen LogP contribution in [0.2, 0.25) is 0 Å². The number of aryl methyl sites for hydroxylation is 1. The van der Waals surface area contributed by atoms with E-state index in [1.165, 1.54) is 0 Å². The van der Waals surface area contributed by atoms with E-state index in [0.29, 0.717) is 6.42 Å². The summed E-state index contributed by atoms with van der Waals surface area (Å²) in [6.45, 7) is 0. The number of carboxylic acid groups (broad SMARTS) is 1. The molecule has 0 radical (unpaired) electrons. The maximum atomic E-state index is 12.8. The monoisotopic (exact) mass is 323 g/mol. The molecule has 0 aliphatic heterocycles. The van der Waals surface area contributed by atoms with Crippen molar-refractivity contribution in [2.24, 2.45) is 0 Å². The second-order valence-electron chi connectivity index (χ2n) is 6.35. The van der Waals surface area contributed by atoms with Gasteiger partial charge in [-0.3, -0.25) is 9.59 Å². The average molecular weight is 323 g/mol. The van der Waals surface area contributed by atoms with Crippen molar-refractivity contribution >= 4 is 17.6 Å². The first-order valence-electron chi connectivity index (χ1n) is 8.28. The van der Waals surface area contributed by atoms with Gasteiger partial charge in [-0.15, -0.1) is 0 Å². The number of hydrogen-bond acceptors (Lipinski definition) is 2. The minimum Gasteiger partial charge on any atom is -0.481 e. The summed E-state index contributed by atoms with van der Waals surface area (Å²) in [5.74, 6) is -0.764. The second-order valence-corrected chi connectivity index (χ2v) is 6.35. The molecule has 0 saturated heterocycles. The van der Waals surface area contributed by atoms with Crippen molar-refractivity contribution in [2.45, 2.75) is 37.5 Å². The van der Waals surface area contributed by atoms with Gasteiger partial charge in [0.15, 0.2) is 0 Å². The molecule has 0 bridgehead atoms. The number of carbonyl (C=O) groups excluding carboxylic acids is 1. The van der Waals surface area contributed by atoms with E-state index >= 15 is 0 Å². The van der Waals surface area contributed by atoms with Crippen molar-refractivity contribution in [1.29, 1.82) is 0 Å². The first-order chi connectivity index (χ1) is 11.6. The zero-order valence-corrected chi connectivity index (χ0v) is 13.5. The zero-order valence-electron chi connectivity index (χ0n) is 13.5. The Bertz CT molecular complexity index is 718. The molecule has 2 N–H and O–H groups in total. The number of amides is 1. The Labute approximate surface area is 141 Å². The van der Waals surface area contributed by atoms with E-state index in [1.807, 2.05) is 54.6 Å². The lowest BCUT2D eigenvalue weighted by Gasteiger charge is -2.40.